The smallest absolute Gasteiger partial charge is 0.253 e. The number of anilines is 1. The van der Waals surface area contributed by atoms with Gasteiger partial charge in [0, 0.05) is 32.8 Å². The summed E-state index contributed by atoms with van der Waals surface area (Å²) in [6.07, 6.45) is 5.32. The summed E-state index contributed by atoms with van der Waals surface area (Å²) in [5.41, 5.74) is -0.590. The molecule has 5 rings (SSSR count). The fraction of sp³-hybridized carbons (Fsp3) is 0.441. The second kappa shape index (κ2) is 12.6. The predicted octanol–water partition coefficient (Wildman–Crippen LogP) is 4.61. The van der Waals surface area contributed by atoms with Crippen molar-refractivity contribution in [3.8, 4) is 0 Å². The molecule has 3 fully saturated rings. The Morgan fingerprint density at radius 2 is 1.74 bits per heavy atom. The molecule has 2 aromatic carbocycles. The molecule has 5 atom stereocenters. The Hall–Kier alpha value is -3.46. The van der Waals surface area contributed by atoms with Crippen molar-refractivity contribution < 1.29 is 24.2 Å². The third-order valence-electron chi connectivity index (χ3n) is 9.18. The zero-order chi connectivity index (χ0) is 30.8. The Kier molecular flexibility index (Phi) is 9.11. The number of aliphatic hydroxyl groups is 1. The third-order valence-corrected chi connectivity index (χ3v) is 9.50. The van der Waals surface area contributed by atoms with Crippen molar-refractivity contribution in [3.05, 3.63) is 90.5 Å². The lowest BCUT2D eigenvalue weighted by Crippen LogP contribution is -2.56. The van der Waals surface area contributed by atoms with Crippen molar-refractivity contribution in [3.63, 3.8) is 0 Å². The minimum Gasteiger partial charge on any atom is -0.396 e. The highest BCUT2D eigenvalue weighted by molar-refractivity contribution is 6.34. The standard InChI is InChI=1S/C34H40ClN3O5/c1-4-19-36(23-24-13-7-6-8-14-24)30(40)27-28-31(41)38(21-11-12-22-39)29(34(28)18-17-33(27,3)43-34)32(42)37(20-5-2)26-16-10-9-15-25(26)35/h4-10,13-16,27-29,39H,1-2,11-12,17-23H2,3H3/t27-,28-,29?,33+,34?/m0/s1. The van der Waals surface area contributed by atoms with Gasteiger partial charge in [0.25, 0.3) is 5.91 Å². The van der Waals surface area contributed by atoms with E-state index in [0.29, 0.717) is 49.5 Å². The normalized spacial score (nSPS) is 27.2. The molecule has 3 aliphatic heterocycles. The largest absolute Gasteiger partial charge is 0.396 e. The summed E-state index contributed by atoms with van der Waals surface area (Å²) in [6.45, 7) is 10.7. The Labute approximate surface area is 258 Å². The first-order valence-corrected chi connectivity index (χ1v) is 15.3. The molecule has 2 bridgehead atoms. The topological polar surface area (TPSA) is 90.4 Å². The number of carbonyl (C=O) groups is 3. The van der Waals surface area contributed by atoms with Crippen molar-refractivity contribution in [2.75, 3.05) is 31.1 Å². The molecule has 0 aromatic heterocycles. The number of hydrogen-bond donors (Lipinski definition) is 1. The molecule has 9 heteroatoms. The molecular weight excluding hydrogens is 566 g/mol. The molecule has 2 aromatic rings. The van der Waals surface area contributed by atoms with Gasteiger partial charge in [-0.1, -0.05) is 66.2 Å². The molecule has 43 heavy (non-hydrogen) atoms. The SMILES string of the molecule is C=CCN(Cc1ccccc1)C(=O)[C@@H]1[C@H]2C(=O)N(CCCCO)C(C(=O)N(CC=C)c3ccccc3Cl)C23CC[C@@]1(C)O3. The first kappa shape index (κ1) is 31.0. The van der Waals surface area contributed by atoms with Gasteiger partial charge in [-0.05, 0) is 50.3 Å². The van der Waals surface area contributed by atoms with Crippen LogP contribution in [0, 0.1) is 11.8 Å². The van der Waals surface area contributed by atoms with E-state index < -0.39 is 29.1 Å². The van der Waals surface area contributed by atoms with E-state index in [4.69, 9.17) is 16.3 Å². The molecular formula is C34H40ClN3O5. The van der Waals surface area contributed by atoms with E-state index in [9.17, 15) is 19.5 Å². The van der Waals surface area contributed by atoms with Crippen LogP contribution in [-0.2, 0) is 25.7 Å². The molecule has 1 spiro atoms. The van der Waals surface area contributed by atoms with E-state index in [1.54, 1.807) is 51.1 Å². The van der Waals surface area contributed by atoms with Crippen LogP contribution in [0.15, 0.2) is 79.9 Å². The minimum absolute atomic E-state index is 0.0247. The van der Waals surface area contributed by atoms with Gasteiger partial charge in [-0.15, -0.1) is 13.2 Å². The Morgan fingerprint density at radius 3 is 2.42 bits per heavy atom. The monoisotopic (exact) mass is 605 g/mol. The molecule has 3 saturated heterocycles. The van der Waals surface area contributed by atoms with Gasteiger partial charge in [-0.2, -0.15) is 0 Å². The summed E-state index contributed by atoms with van der Waals surface area (Å²) in [4.78, 5) is 48.4. The number of ether oxygens (including phenoxy) is 1. The van der Waals surface area contributed by atoms with Crippen LogP contribution in [-0.4, -0.2) is 76.1 Å². The summed E-state index contributed by atoms with van der Waals surface area (Å²) in [6, 6.07) is 15.8. The van der Waals surface area contributed by atoms with Crippen LogP contribution >= 0.6 is 11.6 Å². The maximum Gasteiger partial charge on any atom is 0.253 e. The van der Waals surface area contributed by atoms with Gasteiger partial charge in [-0.3, -0.25) is 14.4 Å². The summed E-state index contributed by atoms with van der Waals surface area (Å²) < 4.78 is 6.83. The third kappa shape index (κ3) is 5.41. The number of fused-ring (bicyclic) bond motifs is 1. The van der Waals surface area contributed by atoms with E-state index in [1.165, 1.54) is 0 Å². The van der Waals surface area contributed by atoms with Crippen molar-refractivity contribution >= 4 is 35.0 Å². The van der Waals surface area contributed by atoms with Gasteiger partial charge in [-0.25, -0.2) is 0 Å². The Bertz CT molecular complexity index is 1390. The zero-order valence-electron chi connectivity index (χ0n) is 24.7. The van der Waals surface area contributed by atoms with E-state index in [1.807, 2.05) is 37.3 Å². The highest BCUT2D eigenvalue weighted by Gasteiger charge is 2.78. The molecule has 3 heterocycles. The molecule has 1 N–H and O–H groups in total. The van der Waals surface area contributed by atoms with Crippen molar-refractivity contribution in [1.29, 1.82) is 0 Å². The van der Waals surface area contributed by atoms with Crippen LogP contribution in [0.2, 0.25) is 5.02 Å². The number of rotatable bonds is 13. The quantitative estimate of drug-likeness (QED) is 0.266. The van der Waals surface area contributed by atoms with Gasteiger partial charge in [0.15, 0.2) is 0 Å². The number of halogens is 1. The number of hydrogen-bond acceptors (Lipinski definition) is 5. The molecule has 3 aliphatic rings. The number of likely N-dealkylation sites (tertiary alicyclic amines) is 1. The van der Waals surface area contributed by atoms with E-state index in [2.05, 4.69) is 13.2 Å². The number of benzene rings is 2. The van der Waals surface area contributed by atoms with Crippen LogP contribution in [0.5, 0.6) is 0 Å². The molecule has 0 radical (unpaired) electrons. The lowest BCUT2D eigenvalue weighted by atomic mass is 9.66. The fourth-order valence-corrected chi connectivity index (χ4v) is 7.60. The van der Waals surface area contributed by atoms with Crippen LogP contribution in [0.3, 0.4) is 0 Å². The maximum absolute atomic E-state index is 14.6. The average Bonchev–Trinajstić information content (AvgIpc) is 3.57. The zero-order valence-corrected chi connectivity index (χ0v) is 25.4. The number of nitrogens with zero attached hydrogens (tertiary/aromatic N) is 3. The lowest BCUT2D eigenvalue weighted by Gasteiger charge is -2.37. The predicted molar refractivity (Wildman–Crippen MR) is 166 cm³/mol. The van der Waals surface area contributed by atoms with Crippen molar-refractivity contribution in [2.24, 2.45) is 11.8 Å². The Morgan fingerprint density at radius 1 is 1.05 bits per heavy atom. The summed E-state index contributed by atoms with van der Waals surface area (Å²) in [7, 11) is 0. The van der Waals surface area contributed by atoms with Gasteiger partial charge in [0.2, 0.25) is 11.8 Å². The van der Waals surface area contributed by atoms with Gasteiger partial charge >= 0.3 is 0 Å². The van der Waals surface area contributed by atoms with Crippen molar-refractivity contribution in [2.45, 2.75) is 56.4 Å². The van der Waals surface area contributed by atoms with E-state index in [-0.39, 0.29) is 37.4 Å². The summed E-state index contributed by atoms with van der Waals surface area (Å²) >= 11 is 6.55. The number of aliphatic hydroxyl groups excluding tert-OH is 1. The van der Waals surface area contributed by atoms with Gasteiger partial charge < -0.3 is 24.5 Å². The van der Waals surface area contributed by atoms with Gasteiger partial charge in [0.05, 0.1) is 28.1 Å². The number of unbranched alkanes of at least 4 members (excludes halogenated alkanes) is 1. The first-order chi connectivity index (χ1) is 20.7. The molecule has 3 amide bonds. The highest BCUT2D eigenvalue weighted by Crippen LogP contribution is 2.63. The molecule has 2 unspecified atom stereocenters. The van der Waals surface area contributed by atoms with E-state index in [0.717, 1.165) is 5.56 Å². The highest BCUT2D eigenvalue weighted by atomic mass is 35.5. The first-order valence-electron chi connectivity index (χ1n) is 14.9. The molecule has 8 nitrogen and oxygen atoms in total. The molecule has 0 aliphatic carbocycles. The second-order valence-electron chi connectivity index (χ2n) is 11.9. The van der Waals surface area contributed by atoms with Crippen LogP contribution in [0.4, 0.5) is 5.69 Å². The van der Waals surface area contributed by atoms with Gasteiger partial charge in [0.1, 0.15) is 11.6 Å². The number of amides is 3. The van der Waals surface area contributed by atoms with Crippen molar-refractivity contribution in [1.82, 2.24) is 9.80 Å². The molecule has 228 valence electrons. The Balaban J connectivity index is 1.56. The van der Waals surface area contributed by atoms with Crippen LogP contribution in [0.25, 0.3) is 0 Å². The van der Waals surface area contributed by atoms with Crippen LogP contribution < -0.4 is 4.90 Å². The number of para-hydroxylation sites is 1. The van der Waals surface area contributed by atoms with Crippen LogP contribution in [0.1, 0.15) is 38.2 Å². The maximum atomic E-state index is 14.6. The lowest BCUT2D eigenvalue weighted by molar-refractivity contribution is -0.150. The average molecular weight is 606 g/mol. The second-order valence-corrected chi connectivity index (χ2v) is 12.3. The van der Waals surface area contributed by atoms with E-state index >= 15 is 0 Å². The fourth-order valence-electron chi connectivity index (χ4n) is 7.36. The summed E-state index contributed by atoms with van der Waals surface area (Å²) in [5.74, 6) is -2.33. The molecule has 0 saturated carbocycles. The minimum atomic E-state index is -1.17. The number of carbonyl (C=O) groups excluding carboxylic acids is 3. The summed E-state index contributed by atoms with van der Waals surface area (Å²) in [5, 5.41) is 9.88.